The lowest BCUT2D eigenvalue weighted by molar-refractivity contribution is -0.138. The van der Waals surface area contributed by atoms with E-state index in [1.165, 1.54) is 32.4 Å². The van der Waals surface area contributed by atoms with Gasteiger partial charge in [0.1, 0.15) is 10.6 Å². The van der Waals surface area contributed by atoms with E-state index in [-0.39, 0.29) is 22.6 Å². The minimum absolute atomic E-state index is 0.118. The average molecular weight is 370 g/mol. The van der Waals surface area contributed by atoms with Crippen molar-refractivity contribution in [3.63, 3.8) is 0 Å². The van der Waals surface area contributed by atoms with E-state index in [0.29, 0.717) is 12.8 Å². The van der Waals surface area contributed by atoms with Crippen LogP contribution < -0.4 is 14.8 Å². The molecule has 1 aliphatic rings. The van der Waals surface area contributed by atoms with Gasteiger partial charge in [-0.25, -0.2) is 13.1 Å². The third kappa shape index (κ3) is 4.29. The smallest absolute Gasteiger partial charge is 0.305 e. The number of amides is 1. The Morgan fingerprint density at radius 1 is 1.28 bits per heavy atom. The quantitative estimate of drug-likeness (QED) is 0.661. The van der Waals surface area contributed by atoms with Crippen LogP contribution in [0.3, 0.4) is 0 Å². The number of hydrogen-bond acceptors (Lipinski definition) is 5. The lowest BCUT2D eigenvalue weighted by atomic mass is 9.92. The summed E-state index contributed by atoms with van der Waals surface area (Å²) in [5.41, 5.74) is -0.656. The molecular formula is C16H22N2O6S. The maximum Gasteiger partial charge on any atom is 0.305 e. The number of aliphatic carboxylic acids is 1. The number of rotatable bonds is 7. The molecule has 25 heavy (non-hydrogen) atoms. The zero-order chi connectivity index (χ0) is 18.7. The molecule has 1 fully saturated rings. The Hall–Kier alpha value is -2.13. The first-order valence-corrected chi connectivity index (χ1v) is 9.37. The average Bonchev–Trinajstić information content (AvgIpc) is 3.01. The van der Waals surface area contributed by atoms with Crippen molar-refractivity contribution in [3.05, 3.63) is 23.8 Å². The zero-order valence-electron chi connectivity index (χ0n) is 14.2. The summed E-state index contributed by atoms with van der Waals surface area (Å²) in [5.74, 6) is -1.36. The molecule has 8 nitrogen and oxygen atoms in total. The largest absolute Gasteiger partial charge is 0.495 e. The molecule has 138 valence electrons. The minimum atomic E-state index is -3.81. The van der Waals surface area contributed by atoms with Crippen LogP contribution >= 0.6 is 0 Å². The van der Waals surface area contributed by atoms with E-state index in [4.69, 9.17) is 9.84 Å². The highest BCUT2D eigenvalue weighted by molar-refractivity contribution is 7.89. The van der Waals surface area contributed by atoms with Gasteiger partial charge in [0, 0.05) is 5.56 Å². The lowest BCUT2D eigenvalue weighted by Gasteiger charge is -2.28. The topological polar surface area (TPSA) is 122 Å². The predicted octanol–water partition coefficient (Wildman–Crippen LogP) is 1.12. The number of hydrogen-bond donors (Lipinski definition) is 3. The molecule has 0 aliphatic heterocycles. The van der Waals surface area contributed by atoms with Crippen molar-refractivity contribution in [2.45, 2.75) is 42.5 Å². The van der Waals surface area contributed by atoms with Gasteiger partial charge < -0.3 is 15.2 Å². The Kier molecular flexibility index (Phi) is 5.69. The molecule has 0 spiro atoms. The molecule has 1 amide bonds. The molecular weight excluding hydrogens is 348 g/mol. The van der Waals surface area contributed by atoms with Crippen LogP contribution in [-0.4, -0.2) is 45.1 Å². The Morgan fingerprint density at radius 2 is 1.92 bits per heavy atom. The molecule has 1 saturated carbocycles. The zero-order valence-corrected chi connectivity index (χ0v) is 15.0. The number of ether oxygens (including phenoxy) is 1. The van der Waals surface area contributed by atoms with Crippen LogP contribution in [0.1, 0.15) is 42.5 Å². The van der Waals surface area contributed by atoms with E-state index in [2.05, 4.69) is 10.0 Å². The highest BCUT2D eigenvalue weighted by Gasteiger charge is 2.37. The minimum Gasteiger partial charge on any atom is -0.495 e. The van der Waals surface area contributed by atoms with Crippen LogP contribution in [0, 0.1) is 0 Å². The number of benzene rings is 1. The van der Waals surface area contributed by atoms with Crippen LogP contribution in [0.4, 0.5) is 0 Å². The van der Waals surface area contributed by atoms with Gasteiger partial charge in [-0.15, -0.1) is 0 Å². The summed E-state index contributed by atoms with van der Waals surface area (Å²) in [5, 5.41) is 11.9. The van der Waals surface area contributed by atoms with Crippen LogP contribution in [0.5, 0.6) is 5.75 Å². The third-order valence-corrected chi connectivity index (χ3v) is 5.85. The Morgan fingerprint density at radius 3 is 2.44 bits per heavy atom. The molecule has 1 aromatic rings. The number of methoxy groups -OCH3 is 1. The van der Waals surface area contributed by atoms with Gasteiger partial charge in [0.2, 0.25) is 10.0 Å². The summed E-state index contributed by atoms with van der Waals surface area (Å²) in [6, 6.07) is 4.08. The van der Waals surface area contributed by atoms with Gasteiger partial charge in [-0.05, 0) is 38.1 Å². The van der Waals surface area contributed by atoms with Gasteiger partial charge in [0.25, 0.3) is 5.91 Å². The molecule has 0 unspecified atom stereocenters. The van der Waals surface area contributed by atoms with E-state index in [1.807, 2.05) is 0 Å². The van der Waals surface area contributed by atoms with Gasteiger partial charge in [0.15, 0.2) is 0 Å². The van der Waals surface area contributed by atoms with E-state index in [0.717, 1.165) is 12.8 Å². The van der Waals surface area contributed by atoms with Crippen LogP contribution in [-0.2, 0) is 14.8 Å². The summed E-state index contributed by atoms with van der Waals surface area (Å²) in [7, 11) is -1.20. The fourth-order valence-electron chi connectivity index (χ4n) is 3.14. The molecule has 9 heteroatoms. The maximum atomic E-state index is 12.6. The summed E-state index contributed by atoms with van der Waals surface area (Å²) in [6.07, 6.45) is 2.70. The van der Waals surface area contributed by atoms with Crippen molar-refractivity contribution in [1.29, 1.82) is 0 Å². The van der Waals surface area contributed by atoms with Crippen LogP contribution in [0.15, 0.2) is 23.1 Å². The summed E-state index contributed by atoms with van der Waals surface area (Å²) < 4.78 is 31.4. The van der Waals surface area contributed by atoms with Gasteiger partial charge in [0.05, 0.1) is 19.1 Å². The molecule has 0 atom stereocenters. The Balaban J connectivity index is 2.33. The molecule has 3 N–H and O–H groups in total. The second kappa shape index (κ2) is 7.40. The van der Waals surface area contributed by atoms with Gasteiger partial charge in [-0.3, -0.25) is 9.59 Å². The van der Waals surface area contributed by atoms with E-state index in [1.54, 1.807) is 0 Å². The summed E-state index contributed by atoms with van der Waals surface area (Å²) >= 11 is 0. The molecule has 0 aromatic heterocycles. The molecule has 0 heterocycles. The van der Waals surface area contributed by atoms with Crippen molar-refractivity contribution < 1.29 is 27.9 Å². The molecule has 2 rings (SSSR count). The highest BCUT2D eigenvalue weighted by atomic mass is 32.2. The molecule has 1 aromatic carbocycles. The number of carbonyl (C=O) groups excluding carboxylic acids is 1. The second-order valence-corrected chi connectivity index (χ2v) is 7.94. The van der Waals surface area contributed by atoms with Crippen LogP contribution in [0.2, 0.25) is 0 Å². The number of sulfonamides is 1. The van der Waals surface area contributed by atoms with Gasteiger partial charge in [-0.1, -0.05) is 12.8 Å². The third-order valence-electron chi connectivity index (χ3n) is 4.41. The standard InChI is InChI=1S/C16H22N2O6S/c1-17-25(22,23)13-9-11(5-6-12(13)24-2)15(21)18-16(10-14(19)20)7-3-4-8-16/h5-6,9,17H,3-4,7-8,10H2,1-2H3,(H,18,21)(H,19,20). The highest BCUT2D eigenvalue weighted by Crippen LogP contribution is 2.33. The van der Waals surface area contributed by atoms with Gasteiger partial charge in [-0.2, -0.15) is 0 Å². The Bertz CT molecular complexity index is 769. The van der Waals surface area contributed by atoms with Crippen molar-refractivity contribution >= 4 is 21.9 Å². The molecule has 0 saturated heterocycles. The van der Waals surface area contributed by atoms with E-state index >= 15 is 0 Å². The van der Waals surface area contributed by atoms with Crippen LogP contribution in [0.25, 0.3) is 0 Å². The number of carboxylic acids is 1. The number of carboxylic acid groups (broad SMARTS) is 1. The van der Waals surface area contributed by atoms with Crippen molar-refractivity contribution in [3.8, 4) is 5.75 Å². The first kappa shape index (κ1) is 19.2. The number of nitrogens with one attached hydrogen (secondary N) is 2. The Labute approximate surface area is 146 Å². The molecule has 0 radical (unpaired) electrons. The van der Waals surface area contributed by atoms with Crippen molar-refractivity contribution in [2.75, 3.05) is 14.2 Å². The summed E-state index contributed by atoms with van der Waals surface area (Å²) in [4.78, 5) is 23.6. The van der Waals surface area contributed by atoms with Gasteiger partial charge >= 0.3 is 5.97 Å². The second-order valence-electron chi connectivity index (χ2n) is 6.09. The summed E-state index contributed by atoms with van der Waals surface area (Å²) in [6.45, 7) is 0. The first-order chi connectivity index (χ1) is 11.7. The fraction of sp³-hybridized carbons (Fsp3) is 0.500. The normalized spacial score (nSPS) is 16.4. The molecule has 0 bridgehead atoms. The van der Waals surface area contributed by atoms with Crippen molar-refractivity contribution in [1.82, 2.24) is 10.0 Å². The molecule has 1 aliphatic carbocycles. The van der Waals surface area contributed by atoms with Crippen molar-refractivity contribution in [2.24, 2.45) is 0 Å². The predicted molar refractivity (Wildman–Crippen MR) is 90.2 cm³/mol. The number of carbonyl (C=O) groups is 2. The monoisotopic (exact) mass is 370 g/mol. The van der Waals surface area contributed by atoms with E-state index < -0.39 is 27.4 Å². The maximum absolute atomic E-state index is 12.6. The fourth-order valence-corrected chi connectivity index (χ4v) is 4.06. The van der Waals surface area contributed by atoms with E-state index in [9.17, 15) is 18.0 Å². The SMILES string of the molecule is CNS(=O)(=O)c1cc(C(=O)NC2(CC(=O)O)CCCC2)ccc1OC. The first-order valence-electron chi connectivity index (χ1n) is 7.89. The lowest BCUT2D eigenvalue weighted by Crippen LogP contribution is -2.47.